The van der Waals surface area contributed by atoms with E-state index >= 15 is 0 Å². The van der Waals surface area contributed by atoms with Crippen LogP contribution >= 0.6 is 0 Å². The average molecular weight is 713 g/mol. The van der Waals surface area contributed by atoms with E-state index in [9.17, 15) is 13.0 Å². The van der Waals surface area contributed by atoms with E-state index in [4.69, 9.17) is 0 Å². The lowest BCUT2D eigenvalue weighted by Gasteiger charge is -2.11. The van der Waals surface area contributed by atoms with E-state index in [1.165, 1.54) is 198 Å². The lowest BCUT2D eigenvalue weighted by molar-refractivity contribution is 0.481. The molecule has 0 atom stereocenters. The van der Waals surface area contributed by atoms with Gasteiger partial charge < -0.3 is 0 Å². The van der Waals surface area contributed by atoms with E-state index in [1.807, 2.05) is 12.1 Å². The van der Waals surface area contributed by atoms with Gasteiger partial charge in [0.2, 0.25) is 0 Å². The van der Waals surface area contributed by atoms with Crippen LogP contribution in [0.1, 0.15) is 230 Å². The van der Waals surface area contributed by atoms with Crippen LogP contribution in [0.5, 0.6) is 0 Å². The molecule has 2 rings (SSSR count). The molecule has 0 aromatic heterocycles. The van der Waals surface area contributed by atoms with Gasteiger partial charge in [-0.1, -0.05) is 225 Å². The van der Waals surface area contributed by atoms with E-state index < -0.39 is 10.1 Å². The molecule has 0 heterocycles. The van der Waals surface area contributed by atoms with Gasteiger partial charge in [0, 0.05) is 0 Å². The minimum atomic E-state index is -4.25. The van der Waals surface area contributed by atoms with Gasteiger partial charge in [0.05, 0.1) is 4.90 Å². The van der Waals surface area contributed by atoms with Crippen LogP contribution in [-0.4, -0.2) is 13.0 Å². The second-order valence-corrected chi connectivity index (χ2v) is 17.1. The molecule has 0 unspecified atom stereocenters. The standard InChI is InChI=1S/C46H80O3S/c1-3-5-7-9-11-13-15-17-19-21-23-25-27-29-31-33-35-42-37-38-43-41-46(50(47,48)49)44(40-45(43)39-42)36-34-32-30-28-26-24-22-20-18-16-14-12-10-8-6-4-2/h37-41H,3-36H2,1-2H3,(H,47,48,49). The Kier molecular flexibility index (Phi) is 27.0. The van der Waals surface area contributed by atoms with Crippen LogP contribution in [0.15, 0.2) is 35.2 Å². The second kappa shape index (κ2) is 30.1. The third kappa shape index (κ3) is 22.5. The molecule has 0 saturated carbocycles. The minimum absolute atomic E-state index is 0.0940. The summed E-state index contributed by atoms with van der Waals surface area (Å²) in [5.41, 5.74) is 2.10. The van der Waals surface area contributed by atoms with E-state index in [-0.39, 0.29) is 4.90 Å². The predicted octanol–water partition coefficient (Wildman–Crippen LogP) is 15.7. The topological polar surface area (TPSA) is 54.4 Å². The van der Waals surface area contributed by atoms with Crippen molar-refractivity contribution in [1.82, 2.24) is 0 Å². The molecule has 0 spiro atoms. The molecular formula is C46H80O3S. The molecule has 0 aliphatic rings. The average Bonchev–Trinajstić information content (AvgIpc) is 3.10. The van der Waals surface area contributed by atoms with Crippen LogP contribution in [-0.2, 0) is 23.0 Å². The molecular weight excluding hydrogens is 633 g/mol. The van der Waals surface area contributed by atoms with Crippen molar-refractivity contribution in [1.29, 1.82) is 0 Å². The first-order valence-electron chi connectivity index (χ1n) is 22.0. The summed E-state index contributed by atoms with van der Waals surface area (Å²) in [6.45, 7) is 4.57. The van der Waals surface area contributed by atoms with Crippen molar-refractivity contribution < 1.29 is 13.0 Å². The van der Waals surface area contributed by atoms with Crippen molar-refractivity contribution in [2.24, 2.45) is 0 Å². The number of rotatable bonds is 35. The maximum Gasteiger partial charge on any atom is 0.294 e. The maximum atomic E-state index is 12.3. The smallest absolute Gasteiger partial charge is 0.282 e. The molecule has 0 amide bonds. The fourth-order valence-corrected chi connectivity index (χ4v) is 8.47. The monoisotopic (exact) mass is 713 g/mol. The summed E-state index contributed by atoms with van der Waals surface area (Å²) in [5, 5.41) is 1.99. The summed E-state index contributed by atoms with van der Waals surface area (Å²) in [7, 11) is -4.25. The first-order chi connectivity index (χ1) is 24.5. The van der Waals surface area contributed by atoms with Crippen molar-refractivity contribution in [2.75, 3.05) is 0 Å². The molecule has 0 aliphatic heterocycles. The molecule has 0 saturated heterocycles. The van der Waals surface area contributed by atoms with Crippen LogP contribution in [0.2, 0.25) is 0 Å². The summed E-state index contributed by atoms with van der Waals surface area (Å²) in [6, 6.07) is 10.1. The number of benzene rings is 2. The minimum Gasteiger partial charge on any atom is -0.282 e. The van der Waals surface area contributed by atoms with E-state index in [0.29, 0.717) is 6.42 Å². The number of hydrogen-bond acceptors (Lipinski definition) is 2. The Morgan fingerprint density at radius 1 is 0.400 bits per heavy atom. The van der Waals surface area contributed by atoms with E-state index in [0.717, 1.165) is 35.6 Å². The van der Waals surface area contributed by atoms with Crippen molar-refractivity contribution in [2.45, 2.75) is 237 Å². The molecule has 3 nitrogen and oxygen atoms in total. The summed E-state index contributed by atoms with van der Waals surface area (Å²) in [6.07, 6.45) is 45.1. The highest BCUT2D eigenvalue weighted by Crippen LogP contribution is 2.27. The Labute approximate surface area is 311 Å². The maximum absolute atomic E-state index is 12.3. The Balaban J connectivity index is 1.59. The molecule has 288 valence electrons. The molecule has 0 radical (unpaired) electrons. The molecule has 4 heteroatoms. The molecule has 0 bridgehead atoms. The number of fused-ring (bicyclic) bond motifs is 1. The van der Waals surface area contributed by atoms with Gasteiger partial charge in [-0.2, -0.15) is 8.42 Å². The normalized spacial score (nSPS) is 12.0. The highest BCUT2D eigenvalue weighted by molar-refractivity contribution is 7.85. The van der Waals surface area contributed by atoms with Crippen molar-refractivity contribution >= 4 is 20.9 Å². The fraction of sp³-hybridized carbons (Fsp3) is 0.783. The van der Waals surface area contributed by atoms with Crippen molar-refractivity contribution in [3.8, 4) is 0 Å². The van der Waals surface area contributed by atoms with Gasteiger partial charge in [-0.25, -0.2) is 0 Å². The Morgan fingerprint density at radius 3 is 1.10 bits per heavy atom. The van der Waals surface area contributed by atoms with Crippen molar-refractivity contribution in [3.05, 3.63) is 41.5 Å². The molecule has 2 aromatic carbocycles. The zero-order valence-corrected chi connectivity index (χ0v) is 33.9. The quantitative estimate of drug-likeness (QED) is 0.0572. The first-order valence-corrected chi connectivity index (χ1v) is 23.4. The Bertz CT molecular complexity index is 1190. The highest BCUT2D eigenvalue weighted by atomic mass is 32.2. The Hall–Kier alpha value is -1.39. The van der Waals surface area contributed by atoms with Gasteiger partial charge in [0.1, 0.15) is 0 Å². The predicted molar refractivity (Wildman–Crippen MR) is 220 cm³/mol. The van der Waals surface area contributed by atoms with E-state index in [1.54, 1.807) is 6.07 Å². The lowest BCUT2D eigenvalue weighted by atomic mass is 9.98. The zero-order valence-electron chi connectivity index (χ0n) is 33.1. The van der Waals surface area contributed by atoms with Crippen LogP contribution in [0.3, 0.4) is 0 Å². The Morgan fingerprint density at radius 2 is 0.740 bits per heavy atom. The van der Waals surface area contributed by atoms with Gasteiger partial charge in [0.15, 0.2) is 0 Å². The molecule has 0 fully saturated rings. The van der Waals surface area contributed by atoms with Crippen LogP contribution in [0.4, 0.5) is 0 Å². The summed E-state index contributed by atoms with van der Waals surface area (Å²) in [4.78, 5) is 0.0940. The number of unbranched alkanes of at least 4 members (excludes halogenated alkanes) is 30. The van der Waals surface area contributed by atoms with Crippen molar-refractivity contribution in [3.63, 3.8) is 0 Å². The van der Waals surface area contributed by atoms with Gasteiger partial charge >= 0.3 is 0 Å². The first kappa shape index (κ1) is 44.8. The highest BCUT2D eigenvalue weighted by Gasteiger charge is 2.17. The largest absolute Gasteiger partial charge is 0.294 e. The third-order valence-corrected chi connectivity index (χ3v) is 11.9. The van der Waals surface area contributed by atoms with Gasteiger partial charge in [-0.15, -0.1) is 0 Å². The van der Waals surface area contributed by atoms with Crippen LogP contribution in [0, 0.1) is 0 Å². The lowest BCUT2D eigenvalue weighted by Crippen LogP contribution is -2.04. The molecule has 1 N–H and O–H groups in total. The summed E-state index contributed by atoms with van der Waals surface area (Å²) < 4.78 is 34.5. The SMILES string of the molecule is CCCCCCCCCCCCCCCCCCc1ccc2cc(S(=O)(=O)O)c(CCCCCCCCCCCCCCCCCC)cc2c1. The van der Waals surface area contributed by atoms with Crippen LogP contribution < -0.4 is 0 Å². The zero-order chi connectivity index (χ0) is 36.0. The van der Waals surface area contributed by atoms with Gasteiger partial charge in [-0.05, 0) is 59.7 Å². The van der Waals surface area contributed by atoms with E-state index in [2.05, 4.69) is 26.0 Å². The second-order valence-electron chi connectivity index (χ2n) is 15.7. The van der Waals surface area contributed by atoms with Gasteiger partial charge in [0.25, 0.3) is 10.1 Å². The summed E-state index contributed by atoms with van der Waals surface area (Å²) >= 11 is 0. The fourth-order valence-electron chi connectivity index (χ4n) is 7.71. The molecule has 0 aliphatic carbocycles. The number of hydrogen-bond donors (Lipinski definition) is 1. The van der Waals surface area contributed by atoms with Gasteiger partial charge in [-0.3, -0.25) is 4.55 Å². The number of aryl methyl sites for hydroxylation is 2. The molecule has 2 aromatic rings. The van der Waals surface area contributed by atoms with Crippen LogP contribution in [0.25, 0.3) is 10.8 Å². The molecule has 50 heavy (non-hydrogen) atoms. The third-order valence-electron chi connectivity index (χ3n) is 11.0. The summed E-state index contributed by atoms with van der Waals surface area (Å²) in [5.74, 6) is 0.